The van der Waals surface area contributed by atoms with Gasteiger partial charge in [-0.1, -0.05) is 0 Å². The predicted molar refractivity (Wildman–Crippen MR) is 90.2 cm³/mol. The molecule has 0 aliphatic carbocycles. The molecule has 0 aliphatic rings. The zero-order valence-electron chi connectivity index (χ0n) is 13.6. The van der Waals surface area contributed by atoms with Gasteiger partial charge >= 0.3 is 5.97 Å². The molecule has 7 heteroatoms. The Hall–Kier alpha value is -3.48. The minimum absolute atomic E-state index is 0.265. The van der Waals surface area contributed by atoms with Gasteiger partial charge in [0.1, 0.15) is 0 Å². The zero-order valence-corrected chi connectivity index (χ0v) is 13.6. The summed E-state index contributed by atoms with van der Waals surface area (Å²) in [4.78, 5) is 23.7. The third-order valence-corrected chi connectivity index (χ3v) is 3.48. The zero-order chi connectivity index (χ0) is 17.8. The predicted octanol–water partition coefficient (Wildman–Crippen LogP) is 3.08. The van der Waals surface area contributed by atoms with Crippen molar-refractivity contribution in [2.45, 2.75) is 6.92 Å². The van der Waals surface area contributed by atoms with E-state index in [1.54, 1.807) is 55.5 Å². The molecule has 0 aliphatic heterocycles. The van der Waals surface area contributed by atoms with Gasteiger partial charge in [-0.05, 0) is 48.5 Å². The highest BCUT2D eigenvalue weighted by Crippen LogP contribution is 2.19. The van der Waals surface area contributed by atoms with E-state index >= 15 is 0 Å². The number of carbonyl (C=O) groups excluding carboxylic acids is 2. The molecule has 0 unspecified atom stereocenters. The standard InChI is InChI=1S/C18H15N3O4/c1-11-20-21-17(25-11)13-5-3-12(4-6-13)16(22)19-15-9-7-14(8-10-15)18(23)24-2/h3-10H,1-2H3,(H,19,22). The Kier molecular flexibility index (Phi) is 4.56. The molecule has 0 spiro atoms. The van der Waals surface area contributed by atoms with Crippen LogP contribution in [0, 0.1) is 6.92 Å². The van der Waals surface area contributed by atoms with E-state index in [-0.39, 0.29) is 5.91 Å². The number of nitrogens with zero attached hydrogens (tertiary/aromatic N) is 2. The first-order valence-corrected chi connectivity index (χ1v) is 7.47. The Morgan fingerprint density at radius 1 is 0.960 bits per heavy atom. The summed E-state index contributed by atoms with van der Waals surface area (Å²) in [6, 6.07) is 13.3. The molecule has 0 atom stereocenters. The molecule has 2 aromatic carbocycles. The van der Waals surface area contributed by atoms with E-state index in [0.717, 1.165) is 5.56 Å². The molecule has 1 N–H and O–H groups in total. The second-order valence-corrected chi connectivity index (χ2v) is 5.23. The number of anilines is 1. The smallest absolute Gasteiger partial charge is 0.337 e. The van der Waals surface area contributed by atoms with Gasteiger partial charge in [0.25, 0.3) is 5.91 Å². The van der Waals surface area contributed by atoms with Crippen molar-refractivity contribution in [3.8, 4) is 11.5 Å². The van der Waals surface area contributed by atoms with Crippen molar-refractivity contribution in [2.75, 3.05) is 12.4 Å². The van der Waals surface area contributed by atoms with Crippen molar-refractivity contribution < 1.29 is 18.7 Å². The molecule has 0 radical (unpaired) electrons. The average Bonchev–Trinajstić information content (AvgIpc) is 3.08. The summed E-state index contributed by atoms with van der Waals surface area (Å²) < 4.78 is 9.98. The van der Waals surface area contributed by atoms with Gasteiger partial charge in [-0.2, -0.15) is 0 Å². The maximum absolute atomic E-state index is 12.3. The highest BCUT2D eigenvalue weighted by Gasteiger charge is 2.10. The van der Waals surface area contributed by atoms with Gasteiger partial charge in [0.2, 0.25) is 11.8 Å². The summed E-state index contributed by atoms with van der Waals surface area (Å²) in [5.74, 6) is 0.193. The number of amides is 1. The van der Waals surface area contributed by atoms with E-state index in [2.05, 4.69) is 20.3 Å². The molecule has 126 valence electrons. The summed E-state index contributed by atoms with van der Waals surface area (Å²) >= 11 is 0. The molecule has 0 bridgehead atoms. The lowest BCUT2D eigenvalue weighted by Crippen LogP contribution is -2.12. The number of ether oxygens (including phenoxy) is 1. The molecule has 1 amide bonds. The normalized spacial score (nSPS) is 10.3. The summed E-state index contributed by atoms with van der Waals surface area (Å²) in [5, 5.41) is 10.5. The number of methoxy groups -OCH3 is 1. The molecule has 1 aromatic heterocycles. The molecule has 3 rings (SSSR count). The molecular formula is C18H15N3O4. The Morgan fingerprint density at radius 2 is 1.60 bits per heavy atom. The maximum Gasteiger partial charge on any atom is 0.337 e. The Bertz CT molecular complexity index is 899. The minimum Gasteiger partial charge on any atom is -0.465 e. The van der Waals surface area contributed by atoms with E-state index in [4.69, 9.17) is 4.42 Å². The van der Waals surface area contributed by atoms with Crippen molar-refractivity contribution in [1.29, 1.82) is 0 Å². The lowest BCUT2D eigenvalue weighted by Gasteiger charge is -2.06. The fourth-order valence-electron chi connectivity index (χ4n) is 2.19. The quantitative estimate of drug-likeness (QED) is 0.735. The highest BCUT2D eigenvalue weighted by atomic mass is 16.5. The number of hydrogen-bond donors (Lipinski definition) is 1. The second kappa shape index (κ2) is 6.96. The van der Waals surface area contributed by atoms with Gasteiger partial charge in [-0.25, -0.2) is 4.79 Å². The summed E-state index contributed by atoms with van der Waals surface area (Å²) in [6.45, 7) is 1.71. The number of carbonyl (C=O) groups is 2. The second-order valence-electron chi connectivity index (χ2n) is 5.23. The van der Waals surface area contributed by atoms with Crippen LogP contribution in [0.5, 0.6) is 0 Å². The Labute approximate surface area is 143 Å². The van der Waals surface area contributed by atoms with Crippen molar-refractivity contribution >= 4 is 17.6 Å². The van der Waals surface area contributed by atoms with Gasteiger partial charge in [-0.3, -0.25) is 4.79 Å². The van der Waals surface area contributed by atoms with Crippen LogP contribution >= 0.6 is 0 Å². The van der Waals surface area contributed by atoms with Crippen LogP contribution in [0.15, 0.2) is 52.9 Å². The largest absolute Gasteiger partial charge is 0.465 e. The Morgan fingerprint density at radius 3 is 2.16 bits per heavy atom. The van der Waals surface area contributed by atoms with Gasteiger partial charge in [0.15, 0.2) is 0 Å². The van der Waals surface area contributed by atoms with Crippen molar-refractivity contribution in [1.82, 2.24) is 10.2 Å². The number of aryl methyl sites for hydroxylation is 1. The Balaban J connectivity index is 1.70. The van der Waals surface area contributed by atoms with Crippen LogP contribution < -0.4 is 5.32 Å². The molecule has 25 heavy (non-hydrogen) atoms. The highest BCUT2D eigenvalue weighted by molar-refractivity contribution is 6.04. The van der Waals surface area contributed by atoms with Crippen LogP contribution in [-0.2, 0) is 4.74 Å². The van der Waals surface area contributed by atoms with Crippen molar-refractivity contribution in [3.63, 3.8) is 0 Å². The van der Waals surface area contributed by atoms with Crippen LogP contribution in [0.1, 0.15) is 26.6 Å². The van der Waals surface area contributed by atoms with E-state index in [9.17, 15) is 9.59 Å². The summed E-state index contributed by atoms with van der Waals surface area (Å²) in [5.41, 5.74) is 2.21. The number of benzene rings is 2. The van der Waals surface area contributed by atoms with Crippen LogP contribution in [0.4, 0.5) is 5.69 Å². The number of nitrogens with one attached hydrogen (secondary N) is 1. The maximum atomic E-state index is 12.3. The van der Waals surface area contributed by atoms with Crippen LogP contribution in [0.2, 0.25) is 0 Å². The van der Waals surface area contributed by atoms with E-state index < -0.39 is 5.97 Å². The number of rotatable bonds is 4. The first kappa shape index (κ1) is 16.4. The number of esters is 1. The van der Waals surface area contributed by atoms with Gasteiger partial charge in [0, 0.05) is 23.7 Å². The first-order chi connectivity index (χ1) is 12.1. The molecule has 0 saturated heterocycles. The summed E-state index contributed by atoms with van der Waals surface area (Å²) in [7, 11) is 1.32. The molecule has 1 heterocycles. The topological polar surface area (TPSA) is 94.3 Å². The third kappa shape index (κ3) is 3.72. The average molecular weight is 337 g/mol. The molecule has 7 nitrogen and oxygen atoms in total. The van der Waals surface area contributed by atoms with Crippen LogP contribution in [-0.4, -0.2) is 29.2 Å². The third-order valence-electron chi connectivity index (χ3n) is 3.48. The van der Waals surface area contributed by atoms with E-state index in [1.807, 2.05) is 0 Å². The van der Waals surface area contributed by atoms with Crippen LogP contribution in [0.25, 0.3) is 11.5 Å². The fourth-order valence-corrected chi connectivity index (χ4v) is 2.19. The number of hydrogen-bond acceptors (Lipinski definition) is 6. The fraction of sp³-hybridized carbons (Fsp3) is 0.111. The molecule has 3 aromatic rings. The van der Waals surface area contributed by atoms with Gasteiger partial charge < -0.3 is 14.5 Å². The van der Waals surface area contributed by atoms with Crippen molar-refractivity contribution in [3.05, 3.63) is 65.5 Å². The summed E-state index contributed by atoms with van der Waals surface area (Å²) in [6.07, 6.45) is 0. The number of aromatic nitrogens is 2. The first-order valence-electron chi connectivity index (χ1n) is 7.47. The molecule has 0 saturated carbocycles. The SMILES string of the molecule is COC(=O)c1ccc(NC(=O)c2ccc(-c3nnc(C)o3)cc2)cc1. The minimum atomic E-state index is -0.426. The van der Waals surface area contributed by atoms with E-state index in [1.165, 1.54) is 7.11 Å². The lowest BCUT2D eigenvalue weighted by atomic mass is 10.1. The lowest BCUT2D eigenvalue weighted by molar-refractivity contribution is 0.0600. The molecule has 0 fully saturated rings. The van der Waals surface area contributed by atoms with Gasteiger partial charge in [-0.15, -0.1) is 10.2 Å². The van der Waals surface area contributed by atoms with Gasteiger partial charge in [0.05, 0.1) is 12.7 Å². The van der Waals surface area contributed by atoms with Crippen LogP contribution in [0.3, 0.4) is 0 Å². The monoisotopic (exact) mass is 337 g/mol. The van der Waals surface area contributed by atoms with Crippen molar-refractivity contribution in [2.24, 2.45) is 0 Å². The molecular weight excluding hydrogens is 322 g/mol. The van der Waals surface area contributed by atoms with E-state index in [0.29, 0.717) is 28.6 Å².